The Morgan fingerprint density at radius 2 is 1.91 bits per heavy atom. The summed E-state index contributed by atoms with van der Waals surface area (Å²) in [4.78, 5) is 17.2. The number of hydrogen-bond acceptors (Lipinski definition) is 6. The Bertz CT molecular complexity index is 799. The van der Waals surface area contributed by atoms with Crippen molar-refractivity contribution in [1.29, 1.82) is 0 Å². The number of imidazole rings is 1. The highest BCUT2D eigenvalue weighted by atomic mass is 32.2. The van der Waals surface area contributed by atoms with Crippen LogP contribution in [-0.2, 0) is 6.54 Å². The van der Waals surface area contributed by atoms with E-state index in [1.807, 2.05) is 19.2 Å². The number of aryl methyl sites for hydroxylation is 3. The second-order valence-corrected chi connectivity index (χ2v) is 6.48. The number of nitrogens with two attached hydrogens (primary N) is 1. The van der Waals surface area contributed by atoms with Crippen LogP contribution in [0.5, 0.6) is 0 Å². The molecule has 3 heterocycles. The lowest BCUT2D eigenvalue weighted by Crippen LogP contribution is -2.03. The Hall–Kier alpha value is -2.15. The summed E-state index contributed by atoms with van der Waals surface area (Å²) < 4.78 is 2.24. The third kappa shape index (κ3) is 3.44. The summed E-state index contributed by atoms with van der Waals surface area (Å²) in [5, 5.41) is 0.839. The van der Waals surface area contributed by atoms with Gasteiger partial charge in [0.2, 0.25) is 0 Å². The summed E-state index contributed by atoms with van der Waals surface area (Å²) in [7, 11) is 0. The third-order valence-corrected chi connectivity index (χ3v) is 4.68. The molecule has 0 unspecified atom stereocenters. The number of hydrogen-bond donors (Lipinski definition) is 1. The molecular weight excluding hydrogens is 308 g/mol. The SMILES string of the molecule is Cc1cnc(N)c2nc(C)n(CCCCSc3ncccn3)c12. The van der Waals surface area contributed by atoms with Crippen LogP contribution in [-0.4, -0.2) is 30.3 Å². The molecule has 0 fully saturated rings. The van der Waals surface area contributed by atoms with Gasteiger partial charge in [0.1, 0.15) is 11.3 Å². The lowest BCUT2D eigenvalue weighted by Gasteiger charge is -2.08. The number of anilines is 1. The molecule has 0 atom stereocenters. The Kier molecular flexibility index (Phi) is 4.76. The van der Waals surface area contributed by atoms with Gasteiger partial charge in [0.25, 0.3) is 0 Å². The normalized spacial score (nSPS) is 11.2. The van der Waals surface area contributed by atoms with Crippen LogP contribution < -0.4 is 5.73 Å². The van der Waals surface area contributed by atoms with Gasteiger partial charge in [-0.15, -0.1) is 0 Å². The first-order valence-corrected chi connectivity index (χ1v) is 8.63. The van der Waals surface area contributed by atoms with Gasteiger partial charge < -0.3 is 10.3 Å². The van der Waals surface area contributed by atoms with Crippen molar-refractivity contribution in [3.8, 4) is 0 Å². The highest BCUT2D eigenvalue weighted by Gasteiger charge is 2.12. The number of fused-ring (bicyclic) bond motifs is 1. The van der Waals surface area contributed by atoms with Gasteiger partial charge in [0.05, 0.1) is 5.52 Å². The molecule has 0 spiro atoms. The minimum absolute atomic E-state index is 0.504. The maximum absolute atomic E-state index is 5.94. The van der Waals surface area contributed by atoms with E-state index in [9.17, 15) is 0 Å². The molecule has 3 rings (SSSR count). The van der Waals surface area contributed by atoms with Crippen molar-refractivity contribution < 1.29 is 0 Å². The summed E-state index contributed by atoms with van der Waals surface area (Å²) in [5.41, 5.74) is 8.98. The van der Waals surface area contributed by atoms with Gasteiger partial charge in [-0.1, -0.05) is 11.8 Å². The Morgan fingerprint density at radius 3 is 2.70 bits per heavy atom. The zero-order chi connectivity index (χ0) is 16.2. The van der Waals surface area contributed by atoms with Crippen molar-refractivity contribution in [1.82, 2.24) is 24.5 Å². The molecule has 0 saturated carbocycles. The molecule has 0 amide bonds. The molecule has 0 aromatic carbocycles. The van der Waals surface area contributed by atoms with Gasteiger partial charge in [0, 0.05) is 30.9 Å². The predicted molar refractivity (Wildman–Crippen MR) is 93.4 cm³/mol. The minimum Gasteiger partial charge on any atom is -0.382 e. The first kappa shape index (κ1) is 15.7. The van der Waals surface area contributed by atoms with E-state index in [0.29, 0.717) is 5.82 Å². The van der Waals surface area contributed by atoms with Crippen LogP contribution >= 0.6 is 11.8 Å². The third-order valence-electron chi connectivity index (χ3n) is 3.72. The maximum atomic E-state index is 5.94. The molecule has 0 aliphatic carbocycles. The minimum atomic E-state index is 0.504. The van der Waals surface area contributed by atoms with Crippen molar-refractivity contribution in [3.63, 3.8) is 0 Å². The van der Waals surface area contributed by atoms with Crippen molar-refractivity contribution >= 4 is 28.6 Å². The molecule has 2 N–H and O–H groups in total. The Labute approximate surface area is 139 Å². The van der Waals surface area contributed by atoms with Crippen LogP contribution in [0.15, 0.2) is 29.8 Å². The van der Waals surface area contributed by atoms with Crippen molar-refractivity contribution in [2.75, 3.05) is 11.5 Å². The summed E-state index contributed by atoms with van der Waals surface area (Å²) in [5.74, 6) is 2.50. The van der Waals surface area contributed by atoms with Gasteiger partial charge in [-0.2, -0.15) is 0 Å². The monoisotopic (exact) mass is 328 g/mol. The molecule has 6 nitrogen and oxygen atoms in total. The lowest BCUT2D eigenvalue weighted by molar-refractivity contribution is 0.632. The number of nitrogen functional groups attached to an aromatic ring is 1. The van der Waals surface area contributed by atoms with Gasteiger partial charge in [0.15, 0.2) is 11.0 Å². The zero-order valence-corrected chi connectivity index (χ0v) is 14.2. The summed E-state index contributed by atoms with van der Waals surface area (Å²) >= 11 is 1.69. The average molecular weight is 328 g/mol. The van der Waals surface area contributed by atoms with E-state index in [-0.39, 0.29) is 0 Å². The van der Waals surface area contributed by atoms with Gasteiger partial charge in [-0.05, 0) is 38.3 Å². The van der Waals surface area contributed by atoms with Crippen LogP contribution in [0.25, 0.3) is 11.0 Å². The number of aromatic nitrogens is 5. The first-order valence-electron chi connectivity index (χ1n) is 7.64. The van der Waals surface area contributed by atoms with E-state index >= 15 is 0 Å². The topological polar surface area (TPSA) is 82.5 Å². The zero-order valence-electron chi connectivity index (χ0n) is 13.4. The molecule has 0 saturated heterocycles. The van der Waals surface area contributed by atoms with Crippen LogP contribution in [0, 0.1) is 13.8 Å². The standard InChI is InChI=1S/C16H20N6S/c1-11-10-20-15(17)13-14(11)22(12(2)21-13)8-3-4-9-23-16-18-6-5-7-19-16/h5-7,10H,3-4,8-9H2,1-2H3,(H2,17,20). The fourth-order valence-corrected chi connectivity index (χ4v) is 3.40. The Balaban J connectivity index is 1.61. The molecule has 0 aliphatic heterocycles. The van der Waals surface area contributed by atoms with Gasteiger partial charge >= 0.3 is 0 Å². The van der Waals surface area contributed by atoms with Crippen LogP contribution in [0.4, 0.5) is 5.82 Å². The fourth-order valence-electron chi connectivity index (χ4n) is 2.60. The first-order chi connectivity index (χ1) is 11.2. The highest BCUT2D eigenvalue weighted by Crippen LogP contribution is 2.24. The quantitative estimate of drug-likeness (QED) is 0.425. The van der Waals surface area contributed by atoms with E-state index in [2.05, 4.69) is 31.4 Å². The molecule has 7 heteroatoms. The van der Waals surface area contributed by atoms with Crippen LogP contribution in [0.1, 0.15) is 24.2 Å². The van der Waals surface area contributed by atoms with Crippen molar-refractivity contribution in [2.24, 2.45) is 0 Å². The average Bonchev–Trinajstić information content (AvgIpc) is 2.90. The number of pyridine rings is 1. The van der Waals surface area contributed by atoms with Gasteiger partial charge in [-0.3, -0.25) is 0 Å². The van der Waals surface area contributed by atoms with Crippen LogP contribution in [0.2, 0.25) is 0 Å². The van der Waals surface area contributed by atoms with Gasteiger partial charge in [-0.25, -0.2) is 19.9 Å². The molecule has 0 aliphatic rings. The smallest absolute Gasteiger partial charge is 0.187 e. The second kappa shape index (κ2) is 6.95. The Morgan fingerprint density at radius 1 is 1.13 bits per heavy atom. The number of unbranched alkanes of at least 4 members (excludes halogenated alkanes) is 1. The second-order valence-electron chi connectivity index (χ2n) is 5.42. The summed E-state index contributed by atoms with van der Waals surface area (Å²) in [6.45, 7) is 5.00. The van der Waals surface area contributed by atoms with E-state index in [0.717, 1.165) is 52.7 Å². The molecule has 120 valence electrons. The molecule has 23 heavy (non-hydrogen) atoms. The predicted octanol–water partition coefficient (Wildman–Crippen LogP) is 2.99. The number of thioether (sulfide) groups is 1. The van der Waals surface area contributed by atoms with Crippen molar-refractivity contribution in [2.45, 2.75) is 38.4 Å². The number of rotatable bonds is 6. The molecule has 3 aromatic heterocycles. The van der Waals surface area contributed by atoms with Crippen molar-refractivity contribution in [3.05, 3.63) is 36.0 Å². The maximum Gasteiger partial charge on any atom is 0.187 e. The fraction of sp³-hybridized carbons (Fsp3) is 0.375. The number of nitrogens with zero attached hydrogens (tertiary/aromatic N) is 5. The van der Waals surface area contributed by atoms with E-state index < -0.39 is 0 Å². The van der Waals surface area contributed by atoms with E-state index in [4.69, 9.17) is 5.73 Å². The van der Waals surface area contributed by atoms with E-state index in [1.54, 1.807) is 24.2 Å². The molecule has 3 aromatic rings. The lowest BCUT2D eigenvalue weighted by atomic mass is 10.2. The molecule has 0 radical (unpaired) electrons. The van der Waals surface area contributed by atoms with Crippen LogP contribution in [0.3, 0.4) is 0 Å². The summed E-state index contributed by atoms with van der Waals surface area (Å²) in [6.07, 6.45) is 7.54. The molecular formula is C16H20N6S. The highest BCUT2D eigenvalue weighted by molar-refractivity contribution is 7.99. The largest absolute Gasteiger partial charge is 0.382 e. The molecule has 0 bridgehead atoms. The summed E-state index contributed by atoms with van der Waals surface area (Å²) in [6, 6.07) is 1.83. The van der Waals surface area contributed by atoms with E-state index in [1.165, 1.54) is 0 Å².